The van der Waals surface area contributed by atoms with Crippen LogP contribution in [0.2, 0.25) is 0 Å². The first-order valence-corrected chi connectivity index (χ1v) is 6.01. The molecule has 0 aromatic heterocycles. The van der Waals surface area contributed by atoms with Gasteiger partial charge in [0.05, 0.1) is 6.54 Å². The molecule has 0 atom stereocenters. The topological polar surface area (TPSA) is 15.3 Å². The summed E-state index contributed by atoms with van der Waals surface area (Å²) in [6.07, 6.45) is -3.24. The third kappa shape index (κ3) is 3.46. The van der Waals surface area contributed by atoms with Crippen molar-refractivity contribution in [3.8, 4) is 0 Å². The molecular weight excluding hydrogens is 241 g/mol. The molecule has 0 amide bonds. The molecule has 1 aromatic carbocycles. The van der Waals surface area contributed by atoms with Crippen molar-refractivity contribution in [2.24, 2.45) is 0 Å². The largest absolute Gasteiger partial charge is 0.401 e. The molecule has 1 aliphatic heterocycles. The molecule has 1 heterocycles. The molecular formula is C13H17F3N2. The standard InChI is InChI=1S/C13H17F3N2/c1-18(9-13(14,15)16)8-11-4-2-3-10-7-17-6-5-12(10)11/h2-4,17H,5-9H2,1H3. The molecule has 100 valence electrons. The maximum absolute atomic E-state index is 12.3. The lowest BCUT2D eigenvalue weighted by molar-refractivity contribution is -0.144. The number of fused-ring (bicyclic) bond motifs is 1. The maximum atomic E-state index is 12.3. The fourth-order valence-corrected chi connectivity index (χ4v) is 2.41. The molecule has 0 fully saturated rings. The zero-order valence-electron chi connectivity index (χ0n) is 10.3. The van der Waals surface area contributed by atoms with Crippen LogP contribution in [0.1, 0.15) is 16.7 Å². The predicted octanol–water partition coefficient (Wildman–Crippen LogP) is 2.33. The fourth-order valence-electron chi connectivity index (χ4n) is 2.41. The Bertz CT molecular complexity index is 415. The maximum Gasteiger partial charge on any atom is 0.401 e. The average Bonchev–Trinajstić information content (AvgIpc) is 2.27. The van der Waals surface area contributed by atoms with Crippen molar-refractivity contribution in [2.75, 3.05) is 20.1 Å². The number of nitrogens with one attached hydrogen (secondary N) is 1. The SMILES string of the molecule is CN(Cc1cccc2c1CCNC2)CC(F)(F)F. The van der Waals surface area contributed by atoms with Crippen LogP contribution in [0.15, 0.2) is 18.2 Å². The Hall–Kier alpha value is -1.07. The highest BCUT2D eigenvalue weighted by atomic mass is 19.4. The van der Waals surface area contributed by atoms with E-state index in [1.54, 1.807) is 0 Å². The lowest BCUT2D eigenvalue weighted by atomic mass is 9.95. The van der Waals surface area contributed by atoms with E-state index >= 15 is 0 Å². The van der Waals surface area contributed by atoms with E-state index in [1.165, 1.54) is 23.1 Å². The fraction of sp³-hybridized carbons (Fsp3) is 0.538. The number of hydrogen-bond donors (Lipinski definition) is 1. The zero-order chi connectivity index (χ0) is 13.2. The van der Waals surface area contributed by atoms with Gasteiger partial charge in [0.25, 0.3) is 0 Å². The van der Waals surface area contributed by atoms with Crippen molar-refractivity contribution < 1.29 is 13.2 Å². The van der Waals surface area contributed by atoms with E-state index in [1.807, 2.05) is 18.2 Å². The third-order valence-corrected chi connectivity index (χ3v) is 3.13. The molecule has 1 aromatic rings. The molecule has 1 N–H and O–H groups in total. The van der Waals surface area contributed by atoms with Crippen molar-refractivity contribution in [2.45, 2.75) is 25.7 Å². The van der Waals surface area contributed by atoms with Gasteiger partial charge in [0.2, 0.25) is 0 Å². The minimum atomic E-state index is -4.13. The van der Waals surface area contributed by atoms with Crippen LogP contribution in [-0.4, -0.2) is 31.2 Å². The number of nitrogens with zero attached hydrogens (tertiary/aromatic N) is 1. The van der Waals surface area contributed by atoms with Gasteiger partial charge in [-0.2, -0.15) is 13.2 Å². The third-order valence-electron chi connectivity index (χ3n) is 3.13. The first-order valence-electron chi connectivity index (χ1n) is 6.01. The first-order chi connectivity index (χ1) is 8.46. The van der Waals surface area contributed by atoms with Crippen molar-refractivity contribution in [3.63, 3.8) is 0 Å². The lowest BCUT2D eigenvalue weighted by Crippen LogP contribution is -2.32. The molecule has 18 heavy (non-hydrogen) atoms. The molecule has 0 radical (unpaired) electrons. The summed E-state index contributed by atoms with van der Waals surface area (Å²) in [6, 6.07) is 5.88. The quantitative estimate of drug-likeness (QED) is 0.895. The second kappa shape index (κ2) is 5.28. The minimum Gasteiger partial charge on any atom is -0.312 e. The number of halogens is 3. The Morgan fingerprint density at radius 1 is 1.33 bits per heavy atom. The zero-order valence-corrected chi connectivity index (χ0v) is 10.3. The van der Waals surface area contributed by atoms with Gasteiger partial charge in [0, 0.05) is 13.1 Å². The van der Waals surface area contributed by atoms with E-state index < -0.39 is 12.7 Å². The van der Waals surface area contributed by atoms with Crippen molar-refractivity contribution in [3.05, 3.63) is 34.9 Å². The number of hydrogen-bond acceptors (Lipinski definition) is 2. The van der Waals surface area contributed by atoms with Gasteiger partial charge in [-0.1, -0.05) is 18.2 Å². The summed E-state index contributed by atoms with van der Waals surface area (Å²) in [5, 5.41) is 3.27. The Morgan fingerprint density at radius 3 is 2.83 bits per heavy atom. The van der Waals surface area contributed by atoms with Gasteiger partial charge < -0.3 is 5.32 Å². The van der Waals surface area contributed by atoms with Gasteiger partial charge in [-0.15, -0.1) is 0 Å². The summed E-state index contributed by atoms with van der Waals surface area (Å²) in [5.41, 5.74) is 3.44. The molecule has 0 aliphatic carbocycles. The second-order valence-electron chi connectivity index (χ2n) is 4.77. The van der Waals surface area contributed by atoms with Gasteiger partial charge in [0.1, 0.15) is 0 Å². The predicted molar refractivity (Wildman–Crippen MR) is 64.2 cm³/mol. The van der Waals surface area contributed by atoms with Crippen molar-refractivity contribution in [1.82, 2.24) is 10.2 Å². The van der Waals surface area contributed by atoms with Crippen LogP contribution in [0.3, 0.4) is 0 Å². The highest BCUT2D eigenvalue weighted by molar-refractivity contribution is 5.36. The average molecular weight is 258 g/mol. The van der Waals surface area contributed by atoms with Crippen LogP contribution in [0.4, 0.5) is 13.2 Å². The number of benzene rings is 1. The van der Waals surface area contributed by atoms with E-state index in [0.29, 0.717) is 6.54 Å². The second-order valence-corrected chi connectivity index (χ2v) is 4.77. The summed E-state index contributed by atoms with van der Waals surface area (Å²) in [7, 11) is 1.51. The highest BCUT2D eigenvalue weighted by Crippen LogP contribution is 2.22. The summed E-state index contributed by atoms with van der Waals surface area (Å²) in [4.78, 5) is 1.32. The molecule has 0 saturated carbocycles. The van der Waals surface area contributed by atoms with Crippen LogP contribution in [-0.2, 0) is 19.5 Å². The Morgan fingerprint density at radius 2 is 2.11 bits per heavy atom. The van der Waals surface area contributed by atoms with Gasteiger partial charge in [-0.3, -0.25) is 4.90 Å². The van der Waals surface area contributed by atoms with Gasteiger partial charge in [-0.25, -0.2) is 0 Å². The molecule has 0 spiro atoms. The van der Waals surface area contributed by atoms with Gasteiger partial charge in [0.15, 0.2) is 0 Å². The number of alkyl halides is 3. The molecule has 5 heteroatoms. The summed E-state index contributed by atoms with van der Waals surface area (Å²) < 4.78 is 36.9. The molecule has 2 rings (SSSR count). The van der Waals surface area contributed by atoms with Crippen LogP contribution < -0.4 is 5.32 Å². The Labute approximate surface area is 105 Å². The van der Waals surface area contributed by atoms with Gasteiger partial charge >= 0.3 is 6.18 Å². The van der Waals surface area contributed by atoms with Crippen LogP contribution >= 0.6 is 0 Å². The number of rotatable bonds is 3. The van der Waals surface area contributed by atoms with Crippen LogP contribution in [0.25, 0.3) is 0 Å². The first kappa shape index (κ1) is 13.4. The molecule has 2 nitrogen and oxygen atoms in total. The lowest BCUT2D eigenvalue weighted by Gasteiger charge is -2.24. The monoisotopic (exact) mass is 258 g/mol. The highest BCUT2D eigenvalue weighted by Gasteiger charge is 2.29. The summed E-state index contributed by atoms with van der Waals surface area (Å²) >= 11 is 0. The molecule has 1 aliphatic rings. The van der Waals surface area contributed by atoms with E-state index in [2.05, 4.69) is 5.32 Å². The summed E-state index contributed by atoms with van der Waals surface area (Å²) in [5.74, 6) is 0. The van der Waals surface area contributed by atoms with E-state index in [4.69, 9.17) is 0 Å². The van der Waals surface area contributed by atoms with E-state index in [-0.39, 0.29) is 0 Å². The van der Waals surface area contributed by atoms with Crippen LogP contribution in [0.5, 0.6) is 0 Å². The van der Waals surface area contributed by atoms with Crippen molar-refractivity contribution >= 4 is 0 Å². The van der Waals surface area contributed by atoms with Gasteiger partial charge in [-0.05, 0) is 36.7 Å². The molecule has 0 bridgehead atoms. The Kier molecular flexibility index (Phi) is 3.92. The normalized spacial score (nSPS) is 15.8. The van der Waals surface area contributed by atoms with Crippen molar-refractivity contribution in [1.29, 1.82) is 0 Å². The van der Waals surface area contributed by atoms with E-state index in [0.717, 1.165) is 25.1 Å². The smallest absolute Gasteiger partial charge is 0.312 e. The molecule has 0 saturated heterocycles. The van der Waals surface area contributed by atoms with Crippen LogP contribution in [0, 0.1) is 0 Å². The minimum absolute atomic E-state index is 0.350. The summed E-state index contributed by atoms with van der Waals surface area (Å²) in [6.45, 7) is 1.19. The molecule has 0 unspecified atom stereocenters. The Balaban J connectivity index is 2.09. The van der Waals surface area contributed by atoms with E-state index in [9.17, 15) is 13.2 Å².